The normalized spacial score (nSPS) is 19.3. The first-order chi connectivity index (χ1) is 11.1. The first-order valence-electron chi connectivity index (χ1n) is 7.77. The second-order valence-corrected chi connectivity index (χ2v) is 5.69. The highest BCUT2D eigenvalue weighted by Gasteiger charge is 2.32. The van der Waals surface area contributed by atoms with Crippen LogP contribution in [0.3, 0.4) is 0 Å². The molecule has 0 radical (unpaired) electrons. The first kappa shape index (κ1) is 17.4. The van der Waals surface area contributed by atoms with E-state index in [9.17, 15) is 9.18 Å². The number of methoxy groups -OCH3 is 1. The summed E-state index contributed by atoms with van der Waals surface area (Å²) in [7, 11) is 1.68. The molecule has 0 N–H and O–H groups in total. The number of carbonyl (C=O) groups is 1. The number of hydrogen-bond donors (Lipinski definition) is 0. The summed E-state index contributed by atoms with van der Waals surface area (Å²) in [5.74, 6) is -0.430. The van der Waals surface area contributed by atoms with E-state index in [4.69, 9.17) is 10.00 Å². The minimum atomic E-state index is -0.350. The van der Waals surface area contributed by atoms with Crippen molar-refractivity contribution in [1.82, 2.24) is 4.90 Å². The van der Waals surface area contributed by atoms with Gasteiger partial charge in [-0.05, 0) is 37.6 Å². The molecule has 23 heavy (non-hydrogen) atoms. The molecule has 0 spiro atoms. The molecule has 2 atom stereocenters. The van der Waals surface area contributed by atoms with Gasteiger partial charge in [0.15, 0.2) is 0 Å². The molecule has 0 saturated carbocycles. The fraction of sp³-hybridized carbons (Fsp3) is 0.529. The number of ether oxygens (including phenoxy) is 1. The molecule has 2 rings (SSSR count). The van der Waals surface area contributed by atoms with Crippen molar-refractivity contribution in [3.63, 3.8) is 0 Å². The molecular weight excluding hydrogens is 297 g/mol. The van der Waals surface area contributed by atoms with Gasteiger partial charge in [-0.2, -0.15) is 5.26 Å². The van der Waals surface area contributed by atoms with Crippen LogP contribution in [-0.4, -0.2) is 49.7 Å². The summed E-state index contributed by atoms with van der Waals surface area (Å²) in [6, 6.07) is 7.53. The van der Waals surface area contributed by atoms with Crippen LogP contribution in [0.2, 0.25) is 0 Å². The standard InChI is InChI=1S/C17H22FN3O2/c1-13(20-11-8-16(12-20)23-2)17(22)21(10-3-9-19)15-6-4-14(18)5-7-15/h4-7,13,16H,3,8,10-12H2,1-2H3/t13?,16-/m1/s1. The van der Waals surface area contributed by atoms with Crippen LogP contribution in [0.15, 0.2) is 24.3 Å². The lowest BCUT2D eigenvalue weighted by Gasteiger charge is -2.30. The molecule has 1 aromatic rings. The fourth-order valence-electron chi connectivity index (χ4n) is 2.83. The Morgan fingerprint density at radius 3 is 2.78 bits per heavy atom. The van der Waals surface area contributed by atoms with Crippen molar-refractivity contribution in [3.8, 4) is 6.07 Å². The van der Waals surface area contributed by atoms with E-state index < -0.39 is 0 Å². The zero-order chi connectivity index (χ0) is 16.8. The van der Waals surface area contributed by atoms with Crippen LogP contribution in [-0.2, 0) is 9.53 Å². The topological polar surface area (TPSA) is 56.6 Å². The van der Waals surface area contributed by atoms with Crippen LogP contribution in [0.25, 0.3) is 0 Å². The molecular formula is C17H22FN3O2. The van der Waals surface area contributed by atoms with Crippen LogP contribution in [0.1, 0.15) is 19.8 Å². The van der Waals surface area contributed by atoms with Gasteiger partial charge in [0.25, 0.3) is 0 Å². The Kier molecular flexibility index (Phi) is 6.08. The number of likely N-dealkylation sites (tertiary alicyclic amines) is 1. The highest BCUT2D eigenvalue weighted by molar-refractivity contribution is 5.97. The Hall–Kier alpha value is -1.97. The van der Waals surface area contributed by atoms with Crippen molar-refractivity contribution in [2.45, 2.75) is 31.9 Å². The number of amides is 1. The summed E-state index contributed by atoms with van der Waals surface area (Å²) in [5, 5.41) is 8.83. The SMILES string of the molecule is CO[C@@H]1CCN(C(C)C(=O)N(CCC#N)c2ccc(F)cc2)C1. The van der Waals surface area contributed by atoms with E-state index in [1.54, 1.807) is 24.1 Å². The Morgan fingerprint density at radius 2 is 2.22 bits per heavy atom. The largest absolute Gasteiger partial charge is 0.380 e. The molecule has 0 aliphatic carbocycles. The molecule has 5 nitrogen and oxygen atoms in total. The van der Waals surface area contributed by atoms with Crippen molar-refractivity contribution in [2.24, 2.45) is 0 Å². The Bertz CT molecular complexity index is 570. The summed E-state index contributed by atoms with van der Waals surface area (Å²) >= 11 is 0. The van der Waals surface area contributed by atoms with Crippen molar-refractivity contribution in [3.05, 3.63) is 30.1 Å². The van der Waals surface area contributed by atoms with Crippen molar-refractivity contribution in [1.29, 1.82) is 5.26 Å². The number of hydrogen-bond acceptors (Lipinski definition) is 4. The fourth-order valence-corrected chi connectivity index (χ4v) is 2.83. The quantitative estimate of drug-likeness (QED) is 0.806. The van der Waals surface area contributed by atoms with E-state index in [2.05, 4.69) is 11.0 Å². The number of nitriles is 1. The van der Waals surface area contributed by atoms with Crippen molar-refractivity contribution in [2.75, 3.05) is 31.6 Å². The molecule has 6 heteroatoms. The van der Waals surface area contributed by atoms with E-state index >= 15 is 0 Å². The van der Waals surface area contributed by atoms with Gasteiger partial charge in [-0.15, -0.1) is 0 Å². The van der Waals surface area contributed by atoms with Gasteiger partial charge >= 0.3 is 0 Å². The number of carbonyl (C=O) groups excluding carboxylic acids is 1. The highest BCUT2D eigenvalue weighted by atomic mass is 19.1. The summed E-state index contributed by atoms with van der Waals surface area (Å²) < 4.78 is 18.5. The predicted molar refractivity (Wildman–Crippen MR) is 85.4 cm³/mol. The summed E-state index contributed by atoms with van der Waals surface area (Å²) in [5.41, 5.74) is 0.612. The molecule has 1 aliphatic rings. The van der Waals surface area contributed by atoms with Crippen molar-refractivity contribution >= 4 is 11.6 Å². The van der Waals surface area contributed by atoms with Crippen LogP contribution in [0.5, 0.6) is 0 Å². The lowest BCUT2D eigenvalue weighted by Crippen LogP contribution is -2.47. The molecule has 1 saturated heterocycles. The van der Waals surface area contributed by atoms with Crippen LogP contribution in [0, 0.1) is 17.1 Å². The Morgan fingerprint density at radius 1 is 1.52 bits per heavy atom. The molecule has 1 amide bonds. The average Bonchev–Trinajstić information content (AvgIpc) is 3.05. The smallest absolute Gasteiger partial charge is 0.244 e. The molecule has 1 heterocycles. The molecule has 0 aromatic heterocycles. The second kappa shape index (κ2) is 8.04. The maximum Gasteiger partial charge on any atom is 0.244 e. The Labute approximate surface area is 136 Å². The highest BCUT2D eigenvalue weighted by Crippen LogP contribution is 2.21. The predicted octanol–water partition coefficient (Wildman–Crippen LogP) is 2.18. The Balaban J connectivity index is 2.13. The van der Waals surface area contributed by atoms with E-state index in [0.717, 1.165) is 19.5 Å². The molecule has 1 unspecified atom stereocenters. The molecule has 0 bridgehead atoms. The molecule has 1 aromatic carbocycles. The lowest BCUT2D eigenvalue weighted by molar-refractivity contribution is -0.123. The zero-order valence-electron chi connectivity index (χ0n) is 13.5. The monoisotopic (exact) mass is 319 g/mol. The van der Waals surface area contributed by atoms with E-state index in [1.165, 1.54) is 12.1 Å². The van der Waals surface area contributed by atoms with Gasteiger partial charge in [0.2, 0.25) is 5.91 Å². The van der Waals surface area contributed by atoms with Gasteiger partial charge in [-0.25, -0.2) is 4.39 Å². The third-order valence-corrected chi connectivity index (χ3v) is 4.27. The maximum atomic E-state index is 13.1. The molecule has 1 aliphatic heterocycles. The van der Waals surface area contributed by atoms with Gasteiger partial charge in [0, 0.05) is 32.4 Å². The maximum absolute atomic E-state index is 13.1. The van der Waals surface area contributed by atoms with Crippen LogP contribution in [0.4, 0.5) is 10.1 Å². The second-order valence-electron chi connectivity index (χ2n) is 5.69. The van der Waals surface area contributed by atoms with Gasteiger partial charge in [0.1, 0.15) is 5.82 Å². The third kappa shape index (κ3) is 4.27. The number of benzene rings is 1. The number of nitrogens with zero attached hydrogens (tertiary/aromatic N) is 3. The minimum absolute atomic E-state index is 0.0800. The lowest BCUT2D eigenvalue weighted by atomic mass is 10.2. The summed E-state index contributed by atoms with van der Waals surface area (Å²) in [6.45, 7) is 3.69. The van der Waals surface area contributed by atoms with Crippen molar-refractivity contribution < 1.29 is 13.9 Å². The van der Waals surface area contributed by atoms with Gasteiger partial charge in [0.05, 0.1) is 24.6 Å². The summed E-state index contributed by atoms with van der Waals surface area (Å²) in [6.07, 6.45) is 1.29. The van der Waals surface area contributed by atoms with E-state index in [-0.39, 0.29) is 30.3 Å². The van der Waals surface area contributed by atoms with E-state index in [0.29, 0.717) is 12.2 Å². The third-order valence-electron chi connectivity index (χ3n) is 4.27. The van der Waals surface area contributed by atoms with Gasteiger partial charge in [-0.3, -0.25) is 9.69 Å². The van der Waals surface area contributed by atoms with Crippen LogP contribution < -0.4 is 4.90 Å². The number of anilines is 1. The number of rotatable bonds is 6. The number of halogens is 1. The molecule has 1 fully saturated rings. The molecule has 124 valence electrons. The summed E-state index contributed by atoms with van der Waals surface area (Å²) in [4.78, 5) is 16.5. The van der Waals surface area contributed by atoms with Gasteiger partial charge < -0.3 is 9.64 Å². The van der Waals surface area contributed by atoms with E-state index in [1.807, 2.05) is 6.92 Å². The first-order valence-corrected chi connectivity index (χ1v) is 7.77. The minimum Gasteiger partial charge on any atom is -0.380 e. The van der Waals surface area contributed by atoms with Gasteiger partial charge in [-0.1, -0.05) is 0 Å². The van der Waals surface area contributed by atoms with Crippen LogP contribution >= 0.6 is 0 Å². The average molecular weight is 319 g/mol. The zero-order valence-corrected chi connectivity index (χ0v) is 13.5.